The first-order chi connectivity index (χ1) is 7.38. The number of aliphatic imine (C=N–C) groups is 1. The number of rotatable bonds is 3. The fraction of sp³-hybridized carbons (Fsp3) is 0.900. The van der Waals surface area contributed by atoms with Gasteiger partial charge < -0.3 is 5.32 Å². The Bertz CT molecular complexity index is 251. The topological polar surface area (TPSA) is 24.4 Å². The van der Waals surface area contributed by atoms with Crippen LogP contribution < -0.4 is 5.32 Å². The molecule has 0 amide bonds. The van der Waals surface area contributed by atoms with Crippen LogP contribution in [0.1, 0.15) is 26.7 Å². The summed E-state index contributed by atoms with van der Waals surface area (Å²) in [6, 6.07) is 0.339. The van der Waals surface area contributed by atoms with Crippen LogP contribution in [0.2, 0.25) is 0 Å². The zero-order valence-corrected chi connectivity index (χ0v) is 10.3. The van der Waals surface area contributed by atoms with Gasteiger partial charge in [-0.1, -0.05) is 25.6 Å². The molecule has 1 aliphatic rings. The van der Waals surface area contributed by atoms with E-state index >= 15 is 0 Å². The molecule has 0 spiro atoms. The summed E-state index contributed by atoms with van der Waals surface area (Å²) in [6.45, 7) is 4.02. The van der Waals surface area contributed by atoms with Crippen LogP contribution in [0.15, 0.2) is 4.99 Å². The van der Waals surface area contributed by atoms with E-state index in [4.69, 9.17) is 0 Å². The van der Waals surface area contributed by atoms with Gasteiger partial charge in [0, 0.05) is 11.8 Å². The number of hydrogen-bond acceptors (Lipinski definition) is 2. The highest BCUT2D eigenvalue weighted by Crippen LogP contribution is 2.21. The molecule has 0 aromatic rings. The third-order valence-electron chi connectivity index (χ3n) is 2.43. The van der Waals surface area contributed by atoms with Crippen LogP contribution in [0, 0.1) is 5.92 Å². The Labute approximate surface area is 98.1 Å². The van der Waals surface area contributed by atoms with Gasteiger partial charge in [0.15, 0.2) is 5.17 Å². The van der Waals surface area contributed by atoms with Crippen LogP contribution in [0.3, 0.4) is 0 Å². The summed E-state index contributed by atoms with van der Waals surface area (Å²) in [4.78, 5) is 3.95. The molecule has 1 N–H and O–H groups in total. The highest BCUT2D eigenvalue weighted by atomic mass is 32.2. The van der Waals surface area contributed by atoms with E-state index in [0.717, 1.165) is 12.2 Å². The SMILES string of the molecule is CC(C)C1CCSC(=NCCC(F)(F)F)N1. The largest absolute Gasteiger partial charge is 0.390 e. The molecule has 16 heavy (non-hydrogen) atoms. The maximum atomic E-state index is 11.9. The predicted octanol–water partition coefficient (Wildman–Crippen LogP) is 3.05. The third-order valence-corrected chi connectivity index (χ3v) is 3.39. The van der Waals surface area contributed by atoms with Crippen LogP contribution in [0.25, 0.3) is 0 Å². The maximum absolute atomic E-state index is 11.9. The molecule has 1 saturated heterocycles. The van der Waals surface area contributed by atoms with Gasteiger partial charge >= 0.3 is 6.18 Å². The normalized spacial score (nSPS) is 24.9. The van der Waals surface area contributed by atoms with Gasteiger partial charge in [0.2, 0.25) is 0 Å². The molecule has 1 heterocycles. The van der Waals surface area contributed by atoms with Crippen molar-refractivity contribution in [2.24, 2.45) is 10.9 Å². The Morgan fingerprint density at radius 3 is 2.75 bits per heavy atom. The van der Waals surface area contributed by atoms with Gasteiger partial charge in [-0.05, 0) is 12.3 Å². The molecule has 0 aromatic heterocycles. The van der Waals surface area contributed by atoms with E-state index in [0.29, 0.717) is 17.1 Å². The van der Waals surface area contributed by atoms with Gasteiger partial charge in [-0.15, -0.1) is 0 Å². The van der Waals surface area contributed by atoms with Crippen molar-refractivity contribution in [3.8, 4) is 0 Å². The Balaban J connectivity index is 2.38. The van der Waals surface area contributed by atoms with Crippen molar-refractivity contribution >= 4 is 16.9 Å². The minimum Gasteiger partial charge on any atom is -0.362 e. The fourth-order valence-corrected chi connectivity index (χ4v) is 2.41. The molecule has 0 bridgehead atoms. The minimum absolute atomic E-state index is 0.177. The first-order valence-electron chi connectivity index (χ1n) is 5.39. The number of hydrogen-bond donors (Lipinski definition) is 1. The molecule has 0 radical (unpaired) electrons. The summed E-state index contributed by atoms with van der Waals surface area (Å²) in [5.41, 5.74) is 0. The quantitative estimate of drug-likeness (QED) is 0.837. The summed E-state index contributed by atoms with van der Waals surface area (Å²) in [6.07, 6.45) is -3.91. The molecule has 1 unspecified atom stereocenters. The second kappa shape index (κ2) is 5.80. The number of nitrogens with one attached hydrogen (secondary N) is 1. The third kappa shape index (κ3) is 5.09. The van der Waals surface area contributed by atoms with Crippen molar-refractivity contribution in [3.05, 3.63) is 0 Å². The minimum atomic E-state index is -4.11. The van der Waals surface area contributed by atoms with Gasteiger partial charge in [-0.25, -0.2) is 0 Å². The molecule has 0 aromatic carbocycles. The molecule has 94 valence electrons. The zero-order valence-electron chi connectivity index (χ0n) is 9.47. The monoisotopic (exact) mass is 254 g/mol. The van der Waals surface area contributed by atoms with Crippen molar-refractivity contribution in [1.29, 1.82) is 0 Å². The molecule has 0 saturated carbocycles. The first kappa shape index (κ1) is 13.7. The van der Waals surface area contributed by atoms with Crippen molar-refractivity contribution in [3.63, 3.8) is 0 Å². The number of nitrogens with zero attached hydrogens (tertiary/aromatic N) is 1. The van der Waals surface area contributed by atoms with Crippen LogP contribution >= 0.6 is 11.8 Å². The first-order valence-corrected chi connectivity index (χ1v) is 6.37. The molecule has 2 nitrogen and oxygen atoms in total. The summed E-state index contributed by atoms with van der Waals surface area (Å²) < 4.78 is 35.8. The molecular formula is C10H17F3N2S. The molecule has 1 atom stereocenters. The van der Waals surface area contributed by atoms with Crippen molar-refractivity contribution < 1.29 is 13.2 Å². The maximum Gasteiger partial charge on any atom is 0.390 e. The Morgan fingerprint density at radius 2 is 2.19 bits per heavy atom. The van der Waals surface area contributed by atoms with E-state index < -0.39 is 12.6 Å². The average molecular weight is 254 g/mol. The van der Waals surface area contributed by atoms with E-state index in [1.807, 2.05) is 0 Å². The van der Waals surface area contributed by atoms with Crippen LogP contribution in [0.5, 0.6) is 0 Å². The van der Waals surface area contributed by atoms with Crippen molar-refractivity contribution in [2.75, 3.05) is 12.3 Å². The van der Waals surface area contributed by atoms with Gasteiger partial charge in [0.25, 0.3) is 0 Å². The predicted molar refractivity (Wildman–Crippen MR) is 61.8 cm³/mol. The lowest BCUT2D eigenvalue weighted by molar-refractivity contribution is -0.132. The second-order valence-corrected chi connectivity index (χ2v) is 5.27. The summed E-state index contributed by atoms with van der Waals surface area (Å²) in [7, 11) is 0. The average Bonchev–Trinajstić information content (AvgIpc) is 2.16. The Kier molecular flexibility index (Phi) is 4.95. The molecule has 1 aliphatic heterocycles. The Hall–Kier alpha value is -0.390. The highest BCUT2D eigenvalue weighted by Gasteiger charge is 2.26. The van der Waals surface area contributed by atoms with Gasteiger partial charge in [-0.2, -0.15) is 13.2 Å². The summed E-state index contributed by atoms with van der Waals surface area (Å²) in [5, 5.41) is 3.85. The number of alkyl halides is 3. The fourth-order valence-electron chi connectivity index (χ4n) is 1.43. The number of thioether (sulfide) groups is 1. The van der Waals surface area contributed by atoms with E-state index in [2.05, 4.69) is 24.2 Å². The van der Waals surface area contributed by atoms with Crippen LogP contribution in [-0.2, 0) is 0 Å². The molecule has 1 rings (SSSR count). The molecule has 1 fully saturated rings. The summed E-state index contributed by atoms with van der Waals surface area (Å²) >= 11 is 1.51. The molecule has 6 heteroatoms. The second-order valence-electron chi connectivity index (χ2n) is 4.18. The lowest BCUT2D eigenvalue weighted by Crippen LogP contribution is -2.41. The Morgan fingerprint density at radius 1 is 1.50 bits per heavy atom. The number of halogens is 3. The van der Waals surface area contributed by atoms with Crippen LogP contribution in [0.4, 0.5) is 13.2 Å². The smallest absolute Gasteiger partial charge is 0.362 e. The standard InChI is InChI=1S/C10H17F3N2S/c1-7(2)8-3-6-16-9(15-8)14-5-4-10(11,12)13/h7-8H,3-6H2,1-2H3,(H,14,15). The van der Waals surface area contributed by atoms with Gasteiger partial charge in [0.05, 0.1) is 13.0 Å². The van der Waals surface area contributed by atoms with E-state index in [9.17, 15) is 13.2 Å². The van der Waals surface area contributed by atoms with Gasteiger partial charge in [-0.3, -0.25) is 4.99 Å². The lowest BCUT2D eigenvalue weighted by Gasteiger charge is -2.28. The van der Waals surface area contributed by atoms with E-state index in [1.54, 1.807) is 0 Å². The van der Waals surface area contributed by atoms with E-state index in [1.165, 1.54) is 11.8 Å². The lowest BCUT2D eigenvalue weighted by atomic mass is 10.0. The zero-order chi connectivity index (χ0) is 12.2. The van der Waals surface area contributed by atoms with Gasteiger partial charge in [0.1, 0.15) is 0 Å². The molecular weight excluding hydrogens is 237 g/mol. The van der Waals surface area contributed by atoms with Crippen molar-refractivity contribution in [2.45, 2.75) is 38.9 Å². The van der Waals surface area contributed by atoms with Crippen LogP contribution in [-0.4, -0.2) is 29.7 Å². The highest BCUT2D eigenvalue weighted by molar-refractivity contribution is 8.13. The van der Waals surface area contributed by atoms with Crippen molar-refractivity contribution in [1.82, 2.24) is 5.32 Å². The molecule has 0 aliphatic carbocycles. The number of amidine groups is 1. The van der Waals surface area contributed by atoms with E-state index in [-0.39, 0.29) is 6.54 Å². The summed E-state index contributed by atoms with van der Waals surface area (Å²) in [5.74, 6) is 1.41.